The van der Waals surface area contributed by atoms with Gasteiger partial charge in [0.1, 0.15) is 5.82 Å². The molecule has 16 heavy (non-hydrogen) atoms. The van der Waals surface area contributed by atoms with Crippen LogP contribution in [0.5, 0.6) is 0 Å². The second-order valence-electron chi connectivity index (χ2n) is 3.16. The molecule has 0 aliphatic rings. The minimum absolute atomic E-state index is 0.190. The molecule has 0 spiro atoms. The van der Waals surface area contributed by atoms with E-state index in [9.17, 15) is 5.11 Å². The number of hydrogen-bond donors (Lipinski definition) is 2. The molecule has 0 aromatic carbocycles. The first-order valence-electron chi connectivity index (χ1n) is 4.68. The van der Waals surface area contributed by atoms with Crippen LogP contribution in [0.25, 0.3) is 0 Å². The van der Waals surface area contributed by atoms with Gasteiger partial charge in [-0.25, -0.2) is 9.97 Å². The largest absolute Gasteiger partial charge is 0.387 e. The highest BCUT2D eigenvalue weighted by atomic mass is 35.5. The van der Waals surface area contributed by atoms with Crippen LogP contribution < -0.4 is 5.32 Å². The number of aromatic nitrogens is 2. The number of aliphatic hydroxyl groups is 1. The van der Waals surface area contributed by atoms with Crippen LogP contribution in [0.4, 0.5) is 5.82 Å². The van der Waals surface area contributed by atoms with Crippen LogP contribution in [-0.4, -0.2) is 21.6 Å². The highest BCUT2D eigenvalue weighted by Gasteiger charge is 2.07. The number of nitrogens with one attached hydrogen (secondary N) is 1. The third kappa shape index (κ3) is 2.91. The number of hydrogen-bond acceptors (Lipinski definition) is 5. The number of anilines is 1. The summed E-state index contributed by atoms with van der Waals surface area (Å²) in [4.78, 5) is 7.73. The average Bonchev–Trinajstić information content (AvgIpc) is 2.79. The maximum Gasteiger partial charge on any atom is 0.224 e. The zero-order valence-electron chi connectivity index (χ0n) is 8.30. The molecule has 0 aliphatic carbocycles. The molecule has 2 rings (SSSR count). The van der Waals surface area contributed by atoms with Crippen molar-refractivity contribution in [3.8, 4) is 0 Å². The van der Waals surface area contributed by atoms with Crippen LogP contribution in [0.2, 0.25) is 5.28 Å². The van der Waals surface area contributed by atoms with Crippen molar-refractivity contribution in [2.45, 2.75) is 6.10 Å². The predicted molar refractivity (Wildman–Crippen MR) is 64.8 cm³/mol. The summed E-state index contributed by atoms with van der Waals surface area (Å²) in [5.41, 5.74) is 0.901. The lowest BCUT2D eigenvalue weighted by Crippen LogP contribution is -2.12. The molecule has 2 aromatic rings. The summed E-state index contributed by atoms with van der Waals surface area (Å²) in [6.45, 7) is 0.393. The Balaban J connectivity index is 1.92. The first-order chi connectivity index (χ1) is 7.75. The first-order valence-corrected chi connectivity index (χ1v) is 6.00. The van der Waals surface area contributed by atoms with Crippen LogP contribution in [-0.2, 0) is 0 Å². The van der Waals surface area contributed by atoms with Gasteiger partial charge in [0.2, 0.25) is 5.28 Å². The van der Waals surface area contributed by atoms with E-state index in [1.54, 1.807) is 23.6 Å². The number of thiophene rings is 1. The monoisotopic (exact) mass is 255 g/mol. The number of aliphatic hydroxyl groups excluding tert-OH is 1. The van der Waals surface area contributed by atoms with Gasteiger partial charge in [0.05, 0.1) is 6.10 Å². The van der Waals surface area contributed by atoms with Gasteiger partial charge < -0.3 is 10.4 Å². The van der Waals surface area contributed by atoms with Crippen molar-refractivity contribution >= 4 is 28.8 Å². The lowest BCUT2D eigenvalue weighted by atomic mass is 10.2. The van der Waals surface area contributed by atoms with Crippen molar-refractivity contribution in [1.29, 1.82) is 0 Å². The third-order valence-corrected chi connectivity index (χ3v) is 2.91. The second-order valence-corrected chi connectivity index (χ2v) is 4.28. The van der Waals surface area contributed by atoms with Gasteiger partial charge in [0, 0.05) is 12.7 Å². The Hall–Kier alpha value is -1.17. The molecule has 2 N–H and O–H groups in total. The van der Waals surface area contributed by atoms with Gasteiger partial charge in [-0.1, -0.05) is 0 Å². The van der Waals surface area contributed by atoms with Crippen LogP contribution in [0.1, 0.15) is 11.7 Å². The van der Waals surface area contributed by atoms with Crippen LogP contribution in [0.3, 0.4) is 0 Å². The average molecular weight is 256 g/mol. The summed E-state index contributed by atoms with van der Waals surface area (Å²) >= 11 is 7.19. The zero-order valence-corrected chi connectivity index (χ0v) is 9.87. The summed E-state index contributed by atoms with van der Waals surface area (Å²) in [7, 11) is 0. The van der Waals surface area contributed by atoms with Gasteiger partial charge in [0.15, 0.2) is 0 Å². The van der Waals surface area contributed by atoms with E-state index in [0.717, 1.165) is 5.56 Å². The smallest absolute Gasteiger partial charge is 0.224 e. The molecule has 0 saturated heterocycles. The van der Waals surface area contributed by atoms with Gasteiger partial charge in [-0.05, 0) is 40.1 Å². The van der Waals surface area contributed by atoms with E-state index in [4.69, 9.17) is 11.6 Å². The van der Waals surface area contributed by atoms with Crippen LogP contribution >= 0.6 is 22.9 Å². The summed E-state index contributed by atoms with van der Waals surface area (Å²) in [6, 6.07) is 3.59. The van der Waals surface area contributed by atoms with Crippen molar-refractivity contribution in [3.05, 3.63) is 39.9 Å². The fourth-order valence-corrected chi connectivity index (χ4v) is 2.07. The van der Waals surface area contributed by atoms with Crippen molar-refractivity contribution in [1.82, 2.24) is 9.97 Å². The Bertz CT molecular complexity index is 449. The molecule has 84 valence electrons. The molecule has 0 saturated carbocycles. The molecular weight excluding hydrogens is 246 g/mol. The standard InChI is InChI=1S/C10H10ClN3OS/c11-10-12-3-1-9(14-10)13-5-8(15)7-2-4-16-6-7/h1-4,6,8,15H,5H2,(H,12,13,14). The fraction of sp³-hybridized carbons (Fsp3) is 0.200. The minimum atomic E-state index is -0.542. The van der Waals surface area contributed by atoms with Crippen molar-refractivity contribution in [3.63, 3.8) is 0 Å². The number of rotatable bonds is 4. The Labute approximate surface area is 102 Å². The zero-order chi connectivity index (χ0) is 11.4. The lowest BCUT2D eigenvalue weighted by Gasteiger charge is -2.10. The van der Waals surface area contributed by atoms with E-state index in [1.165, 1.54) is 0 Å². The number of nitrogens with zero attached hydrogens (tertiary/aromatic N) is 2. The molecule has 1 atom stereocenters. The van der Waals surface area contributed by atoms with Gasteiger partial charge >= 0.3 is 0 Å². The summed E-state index contributed by atoms with van der Waals surface area (Å²) in [6.07, 6.45) is 1.02. The Kier molecular flexibility index (Phi) is 3.71. The summed E-state index contributed by atoms with van der Waals surface area (Å²) in [5, 5.41) is 16.8. The van der Waals surface area contributed by atoms with Gasteiger partial charge in [-0.3, -0.25) is 0 Å². The van der Waals surface area contributed by atoms with Crippen molar-refractivity contribution in [2.75, 3.05) is 11.9 Å². The fourth-order valence-electron chi connectivity index (χ4n) is 1.22. The molecule has 0 bridgehead atoms. The molecule has 0 aliphatic heterocycles. The predicted octanol–water partition coefficient (Wildman–Crippen LogP) is 2.34. The Morgan fingerprint density at radius 1 is 1.50 bits per heavy atom. The summed E-state index contributed by atoms with van der Waals surface area (Å²) in [5.74, 6) is 0.606. The lowest BCUT2D eigenvalue weighted by molar-refractivity contribution is 0.192. The molecule has 0 fully saturated rings. The normalized spacial score (nSPS) is 12.4. The molecule has 0 radical (unpaired) electrons. The molecular formula is C10H10ClN3OS. The molecule has 0 amide bonds. The Morgan fingerprint density at radius 3 is 3.06 bits per heavy atom. The highest BCUT2D eigenvalue weighted by molar-refractivity contribution is 7.07. The molecule has 2 heterocycles. The molecule has 4 nitrogen and oxygen atoms in total. The molecule has 2 aromatic heterocycles. The Morgan fingerprint density at radius 2 is 2.38 bits per heavy atom. The highest BCUT2D eigenvalue weighted by Crippen LogP contribution is 2.16. The van der Waals surface area contributed by atoms with Crippen LogP contribution in [0.15, 0.2) is 29.1 Å². The quantitative estimate of drug-likeness (QED) is 0.824. The van der Waals surface area contributed by atoms with Gasteiger partial charge in [-0.2, -0.15) is 11.3 Å². The van der Waals surface area contributed by atoms with Crippen LogP contribution in [0, 0.1) is 0 Å². The topological polar surface area (TPSA) is 58.0 Å². The van der Waals surface area contributed by atoms with E-state index >= 15 is 0 Å². The van der Waals surface area contributed by atoms with Gasteiger partial charge in [-0.15, -0.1) is 0 Å². The summed E-state index contributed by atoms with van der Waals surface area (Å²) < 4.78 is 0. The van der Waals surface area contributed by atoms with E-state index in [0.29, 0.717) is 12.4 Å². The second kappa shape index (κ2) is 5.25. The minimum Gasteiger partial charge on any atom is -0.387 e. The van der Waals surface area contributed by atoms with Gasteiger partial charge in [0.25, 0.3) is 0 Å². The van der Waals surface area contributed by atoms with E-state index in [2.05, 4.69) is 15.3 Å². The van der Waals surface area contributed by atoms with E-state index in [1.807, 2.05) is 16.8 Å². The maximum atomic E-state index is 9.81. The van der Waals surface area contributed by atoms with Crippen molar-refractivity contribution < 1.29 is 5.11 Å². The molecule has 6 heteroatoms. The first kappa shape index (κ1) is 11.3. The maximum absolute atomic E-state index is 9.81. The van der Waals surface area contributed by atoms with Crippen molar-refractivity contribution in [2.24, 2.45) is 0 Å². The van der Waals surface area contributed by atoms with E-state index in [-0.39, 0.29) is 5.28 Å². The van der Waals surface area contributed by atoms with E-state index < -0.39 is 6.10 Å². The third-order valence-electron chi connectivity index (χ3n) is 2.03. The number of halogens is 1. The molecule has 1 unspecified atom stereocenters. The SMILES string of the molecule is OC(CNc1ccnc(Cl)n1)c1ccsc1.